The molecule has 10 nitrogen and oxygen atoms in total. The Balaban J connectivity index is 1.20. The average molecular weight is 508 g/mol. The molecule has 1 aliphatic carbocycles. The van der Waals surface area contributed by atoms with Crippen LogP contribution in [0.5, 0.6) is 0 Å². The SMILES string of the molecule is CC(C)n1nnnc1-c1cccc(NC(=O)c2cc3sc(N4CCN(C5CC5)CC4)nc3cc2F)n1. The van der Waals surface area contributed by atoms with Gasteiger partial charge in [-0.25, -0.2) is 19.0 Å². The predicted octanol–water partition coefficient (Wildman–Crippen LogP) is 3.60. The molecule has 0 spiro atoms. The summed E-state index contributed by atoms with van der Waals surface area (Å²) in [6, 6.07) is 8.87. The molecule has 2 fully saturated rings. The number of hydrogen-bond acceptors (Lipinski definition) is 9. The molecule has 1 saturated carbocycles. The Kier molecular flexibility index (Phi) is 5.84. The molecule has 3 aromatic heterocycles. The topological polar surface area (TPSA) is 105 Å². The second kappa shape index (κ2) is 9.17. The maximum absolute atomic E-state index is 14.9. The molecule has 1 aromatic carbocycles. The van der Waals surface area contributed by atoms with Gasteiger partial charge in [0.15, 0.2) is 5.13 Å². The number of thiazole rings is 1. The van der Waals surface area contributed by atoms with Crippen molar-refractivity contribution in [3.8, 4) is 11.5 Å². The number of tetrazole rings is 1. The van der Waals surface area contributed by atoms with E-state index in [-0.39, 0.29) is 17.4 Å². The van der Waals surface area contributed by atoms with Crippen molar-refractivity contribution in [1.82, 2.24) is 35.1 Å². The van der Waals surface area contributed by atoms with Gasteiger partial charge in [-0.1, -0.05) is 17.4 Å². The highest BCUT2D eigenvalue weighted by atomic mass is 32.1. The molecule has 12 heteroatoms. The van der Waals surface area contributed by atoms with E-state index in [1.165, 1.54) is 30.2 Å². The molecule has 1 aliphatic heterocycles. The van der Waals surface area contributed by atoms with Crippen LogP contribution < -0.4 is 10.2 Å². The number of hydrogen-bond donors (Lipinski definition) is 1. The first-order valence-electron chi connectivity index (χ1n) is 12.1. The summed E-state index contributed by atoms with van der Waals surface area (Å²) in [7, 11) is 0. The van der Waals surface area contributed by atoms with E-state index in [9.17, 15) is 9.18 Å². The summed E-state index contributed by atoms with van der Waals surface area (Å²) in [6.45, 7) is 7.80. The first kappa shape index (κ1) is 22.9. The number of nitrogens with one attached hydrogen (secondary N) is 1. The van der Waals surface area contributed by atoms with E-state index in [0.717, 1.165) is 42.1 Å². The van der Waals surface area contributed by atoms with Crippen LogP contribution in [0.1, 0.15) is 43.1 Å². The number of aromatic nitrogens is 6. The fraction of sp³-hybridized carbons (Fsp3) is 0.417. The van der Waals surface area contributed by atoms with Gasteiger partial charge in [-0.15, -0.1) is 5.10 Å². The number of amides is 1. The molecule has 0 bridgehead atoms. The molecule has 186 valence electrons. The normalized spacial score (nSPS) is 16.7. The maximum Gasteiger partial charge on any atom is 0.259 e. The Morgan fingerprint density at radius 1 is 1.14 bits per heavy atom. The number of carbonyl (C=O) groups excluding carboxylic acids is 1. The third kappa shape index (κ3) is 4.42. The maximum atomic E-state index is 14.9. The lowest BCUT2D eigenvalue weighted by molar-refractivity contribution is 0.102. The number of nitrogens with zero attached hydrogens (tertiary/aromatic N) is 8. The third-order valence-corrected chi connectivity index (χ3v) is 7.64. The molecule has 1 saturated heterocycles. The van der Waals surface area contributed by atoms with Crippen LogP contribution in [0.3, 0.4) is 0 Å². The Hall–Kier alpha value is -3.51. The molecule has 0 unspecified atom stereocenters. The molecule has 1 amide bonds. The fourth-order valence-corrected chi connectivity index (χ4v) is 5.52. The van der Waals surface area contributed by atoms with Gasteiger partial charge in [0, 0.05) is 38.3 Å². The number of carbonyl (C=O) groups is 1. The second-order valence-corrected chi connectivity index (χ2v) is 10.5. The van der Waals surface area contributed by atoms with E-state index in [2.05, 4.69) is 40.6 Å². The first-order valence-corrected chi connectivity index (χ1v) is 12.9. The van der Waals surface area contributed by atoms with E-state index < -0.39 is 11.7 Å². The molecule has 0 radical (unpaired) electrons. The number of fused-ring (bicyclic) bond motifs is 1. The van der Waals surface area contributed by atoms with Crippen LogP contribution in [-0.4, -0.2) is 73.2 Å². The molecule has 0 atom stereocenters. The summed E-state index contributed by atoms with van der Waals surface area (Å²) in [5, 5.41) is 15.3. The van der Waals surface area contributed by atoms with Crippen molar-refractivity contribution >= 4 is 38.4 Å². The van der Waals surface area contributed by atoms with Crippen molar-refractivity contribution in [1.29, 1.82) is 0 Å². The largest absolute Gasteiger partial charge is 0.345 e. The summed E-state index contributed by atoms with van der Waals surface area (Å²) < 4.78 is 17.4. The molecule has 1 N–H and O–H groups in total. The summed E-state index contributed by atoms with van der Waals surface area (Å²) in [6.07, 6.45) is 2.61. The van der Waals surface area contributed by atoms with E-state index in [0.29, 0.717) is 17.0 Å². The lowest BCUT2D eigenvalue weighted by Gasteiger charge is -2.34. The van der Waals surface area contributed by atoms with Crippen molar-refractivity contribution in [2.45, 2.75) is 38.8 Å². The summed E-state index contributed by atoms with van der Waals surface area (Å²) >= 11 is 1.49. The van der Waals surface area contributed by atoms with Gasteiger partial charge in [-0.2, -0.15) is 0 Å². The van der Waals surface area contributed by atoms with E-state index >= 15 is 0 Å². The number of anilines is 2. The van der Waals surface area contributed by atoms with Gasteiger partial charge in [0.25, 0.3) is 5.91 Å². The highest BCUT2D eigenvalue weighted by molar-refractivity contribution is 7.22. The number of benzene rings is 1. The zero-order valence-corrected chi connectivity index (χ0v) is 20.9. The molecule has 6 rings (SSSR count). The number of rotatable bonds is 6. The predicted molar refractivity (Wildman–Crippen MR) is 136 cm³/mol. The highest BCUT2D eigenvalue weighted by Crippen LogP contribution is 2.33. The van der Waals surface area contributed by atoms with Gasteiger partial charge in [0.05, 0.1) is 21.8 Å². The summed E-state index contributed by atoms with van der Waals surface area (Å²) in [5.41, 5.74) is 1.03. The zero-order valence-electron chi connectivity index (χ0n) is 20.1. The fourth-order valence-electron chi connectivity index (χ4n) is 4.49. The van der Waals surface area contributed by atoms with Gasteiger partial charge in [-0.05, 0) is 55.3 Å². The van der Waals surface area contributed by atoms with E-state index in [1.54, 1.807) is 28.9 Å². The Morgan fingerprint density at radius 3 is 2.69 bits per heavy atom. The number of halogens is 1. The first-order chi connectivity index (χ1) is 17.5. The van der Waals surface area contributed by atoms with Gasteiger partial charge in [0.2, 0.25) is 5.82 Å². The van der Waals surface area contributed by atoms with Crippen molar-refractivity contribution in [3.05, 3.63) is 41.7 Å². The van der Waals surface area contributed by atoms with Crippen LogP contribution in [0.2, 0.25) is 0 Å². The van der Waals surface area contributed by atoms with E-state index in [4.69, 9.17) is 0 Å². The van der Waals surface area contributed by atoms with E-state index in [1.807, 2.05) is 13.8 Å². The van der Waals surface area contributed by atoms with Crippen LogP contribution in [-0.2, 0) is 0 Å². The molecule has 2 aliphatic rings. The summed E-state index contributed by atoms with van der Waals surface area (Å²) in [5.74, 6) is -0.413. The Morgan fingerprint density at radius 2 is 1.94 bits per heavy atom. The minimum absolute atomic E-state index is 0.0437. The van der Waals surface area contributed by atoms with Crippen LogP contribution in [0, 0.1) is 5.82 Å². The van der Waals surface area contributed by atoms with Crippen molar-refractivity contribution in [3.63, 3.8) is 0 Å². The van der Waals surface area contributed by atoms with Gasteiger partial charge in [0.1, 0.15) is 17.3 Å². The molecule has 4 heterocycles. The average Bonchev–Trinajstić information content (AvgIpc) is 3.44. The van der Waals surface area contributed by atoms with Crippen molar-refractivity contribution in [2.75, 3.05) is 36.4 Å². The third-order valence-electron chi connectivity index (χ3n) is 6.56. The van der Waals surface area contributed by atoms with Crippen molar-refractivity contribution < 1.29 is 9.18 Å². The molecule has 4 aromatic rings. The van der Waals surface area contributed by atoms with Crippen LogP contribution in [0.15, 0.2) is 30.3 Å². The Bertz CT molecular complexity index is 1420. The number of piperazine rings is 1. The van der Waals surface area contributed by atoms with Gasteiger partial charge >= 0.3 is 0 Å². The monoisotopic (exact) mass is 507 g/mol. The minimum atomic E-state index is -0.615. The number of pyridine rings is 1. The standard InChI is InChI=1S/C24H26FN9OS/c1-14(2)34-22(29-30-31-34)18-4-3-5-21(26-18)28-23(35)16-12-20-19(13-17(16)25)27-24(36-20)33-10-8-32(9-11-33)15-6-7-15/h3-5,12-15H,6-11H2,1-2H3,(H,26,28,35). The lowest BCUT2D eigenvalue weighted by Crippen LogP contribution is -2.47. The van der Waals surface area contributed by atoms with Gasteiger partial charge < -0.3 is 10.2 Å². The smallest absolute Gasteiger partial charge is 0.259 e. The second-order valence-electron chi connectivity index (χ2n) is 9.45. The summed E-state index contributed by atoms with van der Waals surface area (Å²) in [4.78, 5) is 26.9. The highest BCUT2D eigenvalue weighted by Gasteiger charge is 2.32. The van der Waals surface area contributed by atoms with Crippen molar-refractivity contribution in [2.24, 2.45) is 0 Å². The lowest BCUT2D eigenvalue weighted by atomic mass is 10.2. The minimum Gasteiger partial charge on any atom is -0.345 e. The van der Waals surface area contributed by atoms with Crippen LogP contribution in [0.4, 0.5) is 15.3 Å². The Labute approximate surface area is 211 Å². The van der Waals surface area contributed by atoms with Crippen LogP contribution >= 0.6 is 11.3 Å². The zero-order chi connectivity index (χ0) is 24.8. The van der Waals surface area contributed by atoms with Gasteiger partial charge in [-0.3, -0.25) is 9.69 Å². The molecule has 36 heavy (non-hydrogen) atoms. The quantitative estimate of drug-likeness (QED) is 0.422. The molecular weight excluding hydrogens is 481 g/mol. The molecular formula is C24H26FN9OS. The van der Waals surface area contributed by atoms with Crippen LogP contribution in [0.25, 0.3) is 21.7 Å².